The van der Waals surface area contributed by atoms with Gasteiger partial charge in [-0.25, -0.2) is 0 Å². The van der Waals surface area contributed by atoms with E-state index in [1.54, 1.807) is 0 Å². The van der Waals surface area contributed by atoms with Crippen LogP contribution in [0.3, 0.4) is 0 Å². The van der Waals surface area contributed by atoms with Crippen molar-refractivity contribution in [1.82, 2.24) is 0 Å². The van der Waals surface area contributed by atoms with Gasteiger partial charge in [-0.05, 0) is 42.0 Å². The fourth-order valence-corrected chi connectivity index (χ4v) is 2.63. The summed E-state index contributed by atoms with van der Waals surface area (Å²) in [5.74, 6) is 0. The maximum Gasteiger partial charge on any atom is 0.0638 e. The molecule has 0 unspecified atom stereocenters. The number of benzene rings is 2. The third kappa shape index (κ3) is 3.64. The van der Waals surface area contributed by atoms with Gasteiger partial charge in [-0.2, -0.15) is 0 Å². The number of rotatable bonds is 3. The second-order valence-electron chi connectivity index (χ2n) is 3.71. The molecule has 0 spiro atoms. The summed E-state index contributed by atoms with van der Waals surface area (Å²) in [6.45, 7) is 0.650. The van der Waals surface area contributed by atoms with Gasteiger partial charge in [-0.1, -0.05) is 55.1 Å². The Balaban J connectivity index is 2.16. The lowest BCUT2D eigenvalue weighted by Crippen LogP contribution is -2.00. The Hall–Kier alpha value is -0.220. The molecule has 0 amide bonds. The first-order chi connectivity index (χ1) is 8.56. The van der Waals surface area contributed by atoms with Crippen molar-refractivity contribution in [3.05, 3.63) is 61.0 Å². The molecule has 5 heteroatoms. The van der Waals surface area contributed by atoms with E-state index in [1.807, 2.05) is 36.4 Å². The summed E-state index contributed by atoms with van der Waals surface area (Å²) in [4.78, 5) is 0. The zero-order valence-electron chi connectivity index (χ0n) is 9.18. The molecule has 2 aromatic carbocycles. The van der Waals surface area contributed by atoms with Gasteiger partial charge in [-0.15, -0.1) is 0 Å². The first-order valence-electron chi connectivity index (χ1n) is 5.19. The van der Waals surface area contributed by atoms with E-state index in [2.05, 4.69) is 37.2 Å². The van der Waals surface area contributed by atoms with E-state index in [0.29, 0.717) is 11.6 Å². The SMILES string of the molecule is Clc1ccc(Br)c(CNc2cc(Br)ccc2Cl)c1. The molecule has 0 saturated heterocycles. The molecule has 0 bridgehead atoms. The molecule has 0 aliphatic rings. The molecule has 0 saturated carbocycles. The van der Waals surface area contributed by atoms with Crippen molar-refractivity contribution >= 4 is 60.7 Å². The van der Waals surface area contributed by atoms with Gasteiger partial charge in [0.1, 0.15) is 0 Å². The predicted molar refractivity (Wildman–Crippen MR) is 85.6 cm³/mol. The number of anilines is 1. The largest absolute Gasteiger partial charge is 0.380 e. The molecule has 2 aromatic rings. The summed E-state index contributed by atoms with van der Waals surface area (Å²) in [7, 11) is 0. The Morgan fingerprint density at radius 2 is 1.78 bits per heavy atom. The highest BCUT2D eigenvalue weighted by molar-refractivity contribution is 9.10. The molecule has 0 heterocycles. The Kier molecular flexibility index (Phi) is 4.96. The van der Waals surface area contributed by atoms with Crippen LogP contribution in [0.1, 0.15) is 5.56 Å². The Morgan fingerprint density at radius 1 is 1.00 bits per heavy atom. The first-order valence-corrected chi connectivity index (χ1v) is 7.53. The van der Waals surface area contributed by atoms with Crippen molar-refractivity contribution in [3.8, 4) is 0 Å². The van der Waals surface area contributed by atoms with Gasteiger partial charge in [-0.3, -0.25) is 0 Å². The van der Waals surface area contributed by atoms with Crippen molar-refractivity contribution in [1.29, 1.82) is 0 Å². The third-order valence-corrected chi connectivity index (χ3v) is 4.24. The van der Waals surface area contributed by atoms with Crippen LogP contribution in [0.25, 0.3) is 0 Å². The van der Waals surface area contributed by atoms with Crippen LogP contribution in [0.2, 0.25) is 10.0 Å². The Bertz CT molecular complexity index is 521. The van der Waals surface area contributed by atoms with Crippen LogP contribution in [0, 0.1) is 0 Å². The van der Waals surface area contributed by atoms with Crippen LogP contribution >= 0.6 is 55.1 Å². The number of hydrogen-bond acceptors (Lipinski definition) is 1. The standard InChI is InChI=1S/C13H9Br2Cl2N/c14-9-1-4-12(17)13(6-9)18-7-8-5-10(16)2-3-11(8)15/h1-6,18H,7H2. The topological polar surface area (TPSA) is 12.0 Å². The molecule has 0 radical (unpaired) electrons. The maximum absolute atomic E-state index is 6.11. The van der Waals surface area contributed by atoms with Gasteiger partial charge in [0.15, 0.2) is 0 Å². The summed E-state index contributed by atoms with van der Waals surface area (Å²) < 4.78 is 2.00. The van der Waals surface area contributed by atoms with E-state index < -0.39 is 0 Å². The van der Waals surface area contributed by atoms with Crippen LogP contribution in [0.5, 0.6) is 0 Å². The van der Waals surface area contributed by atoms with E-state index in [-0.39, 0.29) is 0 Å². The molecule has 2 rings (SSSR count). The molecule has 1 N–H and O–H groups in total. The number of halogens is 4. The minimum Gasteiger partial charge on any atom is -0.380 e. The minimum atomic E-state index is 0.650. The molecule has 0 aromatic heterocycles. The Labute approximate surface area is 133 Å². The smallest absolute Gasteiger partial charge is 0.0638 e. The highest BCUT2D eigenvalue weighted by Crippen LogP contribution is 2.27. The average molecular weight is 410 g/mol. The molecular weight excluding hydrogens is 401 g/mol. The second kappa shape index (κ2) is 6.29. The normalized spacial score (nSPS) is 10.4. The van der Waals surface area contributed by atoms with E-state index >= 15 is 0 Å². The van der Waals surface area contributed by atoms with Gasteiger partial charge < -0.3 is 5.32 Å². The maximum atomic E-state index is 6.11. The highest BCUT2D eigenvalue weighted by Gasteiger charge is 2.04. The molecule has 0 aliphatic heterocycles. The zero-order chi connectivity index (χ0) is 13.1. The lowest BCUT2D eigenvalue weighted by molar-refractivity contribution is 1.14. The average Bonchev–Trinajstić information content (AvgIpc) is 2.34. The summed E-state index contributed by atoms with van der Waals surface area (Å²) >= 11 is 19.0. The van der Waals surface area contributed by atoms with Gasteiger partial charge in [0.05, 0.1) is 10.7 Å². The molecule has 0 fully saturated rings. The van der Waals surface area contributed by atoms with Crippen molar-refractivity contribution in [2.75, 3.05) is 5.32 Å². The summed E-state index contributed by atoms with van der Waals surface area (Å²) in [5, 5.41) is 4.70. The zero-order valence-corrected chi connectivity index (χ0v) is 13.9. The summed E-state index contributed by atoms with van der Waals surface area (Å²) in [6.07, 6.45) is 0. The molecule has 0 atom stereocenters. The predicted octanol–water partition coefficient (Wildman–Crippen LogP) is 6.13. The lowest BCUT2D eigenvalue weighted by Gasteiger charge is -2.10. The molecule has 1 nitrogen and oxygen atoms in total. The van der Waals surface area contributed by atoms with Crippen molar-refractivity contribution in [3.63, 3.8) is 0 Å². The fraction of sp³-hybridized carbons (Fsp3) is 0.0769. The van der Waals surface area contributed by atoms with Crippen molar-refractivity contribution in [2.24, 2.45) is 0 Å². The first kappa shape index (κ1) is 14.2. The van der Waals surface area contributed by atoms with Gasteiger partial charge in [0.2, 0.25) is 0 Å². The van der Waals surface area contributed by atoms with E-state index in [4.69, 9.17) is 23.2 Å². The van der Waals surface area contributed by atoms with Crippen molar-refractivity contribution in [2.45, 2.75) is 6.54 Å². The monoisotopic (exact) mass is 407 g/mol. The van der Waals surface area contributed by atoms with Crippen molar-refractivity contribution < 1.29 is 0 Å². The van der Waals surface area contributed by atoms with E-state index in [0.717, 1.165) is 25.2 Å². The minimum absolute atomic E-state index is 0.650. The van der Waals surface area contributed by atoms with E-state index in [9.17, 15) is 0 Å². The fourth-order valence-electron chi connectivity index (χ4n) is 1.50. The summed E-state index contributed by atoms with van der Waals surface area (Å²) in [6, 6.07) is 11.4. The van der Waals surface area contributed by atoms with Gasteiger partial charge >= 0.3 is 0 Å². The molecule has 18 heavy (non-hydrogen) atoms. The quantitative estimate of drug-likeness (QED) is 0.642. The van der Waals surface area contributed by atoms with Crippen LogP contribution in [-0.2, 0) is 6.54 Å². The number of nitrogens with one attached hydrogen (secondary N) is 1. The van der Waals surface area contributed by atoms with Crippen LogP contribution < -0.4 is 5.32 Å². The second-order valence-corrected chi connectivity index (χ2v) is 6.33. The number of hydrogen-bond donors (Lipinski definition) is 1. The van der Waals surface area contributed by atoms with E-state index in [1.165, 1.54) is 0 Å². The lowest BCUT2D eigenvalue weighted by atomic mass is 10.2. The van der Waals surface area contributed by atoms with Crippen LogP contribution in [-0.4, -0.2) is 0 Å². The summed E-state index contributed by atoms with van der Waals surface area (Å²) in [5.41, 5.74) is 1.97. The molecular formula is C13H9Br2Cl2N. The van der Waals surface area contributed by atoms with Crippen LogP contribution in [0.4, 0.5) is 5.69 Å². The van der Waals surface area contributed by atoms with Gasteiger partial charge in [0.25, 0.3) is 0 Å². The Morgan fingerprint density at radius 3 is 2.56 bits per heavy atom. The molecule has 0 aliphatic carbocycles. The third-order valence-electron chi connectivity index (χ3n) is 2.41. The highest BCUT2D eigenvalue weighted by atomic mass is 79.9. The van der Waals surface area contributed by atoms with Crippen LogP contribution in [0.15, 0.2) is 45.3 Å². The van der Waals surface area contributed by atoms with Gasteiger partial charge in [0, 0.05) is 20.5 Å². The molecule has 94 valence electrons.